The molecule has 0 bridgehead atoms. The van der Waals surface area contributed by atoms with Crippen LogP contribution in [-0.4, -0.2) is 12.5 Å². The lowest BCUT2D eigenvalue weighted by molar-refractivity contribution is 0.178. The molecular weight excluding hydrogens is 108 g/mol. The van der Waals surface area contributed by atoms with Gasteiger partial charge in [0.25, 0.3) is 0 Å². The van der Waals surface area contributed by atoms with E-state index in [1.165, 1.54) is 0 Å². The molecule has 1 rings (SSSR count). The maximum absolute atomic E-state index is 5.01. The molecular formula is C5H8OS. The highest BCUT2D eigenvalue weighted by molar-refractivity contribution is 8.02. The molecule has 0 radical (unpaired) electrons. The minimum Gasteiger partial charge on any atom is -0.370 e. The molecule has 0 fully saturated rings. The zero-order valence-electron chi connectivity index (χ0n) is 4.26. The van der Waals surface area contributed by atoms with Crippen LogP contribution in [0.3, 0.4) is 0 Å². The van der Waals surface area contributed by atoms with Crippen LogP contribution in [0, 0.1) is 0 Å². The number of thioether (sulfide) groups is 1. The molecule has 0 aromatic heterocycles. The smallest absolute Gasteiger partial charge is 0.110 e. The van der Waals surface area contributed by atoms with Gasteiger partial charge in [0.15, 0.2) is 0 Å². The molecule has 1 heterocycles. The van der Waals surface area contributed by atoms with Crippen molar-refractivity contribution in [3.05, 3.63) is 11.5 Å². The topological polar surface area (TPSA) is 9.23 Å². The summed E-state index contributed by atoms with van der Waals surface area (Å²) in [6, 6.07) is 0. The average Bonchev–Trinajstić information content (AvgIpc) is 2.14. The van der Waals surface area contributed by atoms with Gasteiger partial charge in [-0.3, -0.25) is 0 Å². The molecule has 1 nitrogen and oxygen atoms in total. The molecule has 1 atom stereocenters. The fourth-order valence-corrected chi connectivity index (χ4v) is 1.25. The predicted molar refractivity (Wildman–Crippen MR) is 32.1 cm³/mol. The predicted octanol–water partition coefficient (Wildman–Crippen LogP) is 1.61. The first-order valence-electron chi connectivity index (χ1n) is 2.27. The van der Waals surface area contributed by atoms with Crippen molar-refractivity contribution in [1.29, 1.82) is 0 Å². The Hall–Kier alpha value is 0.0500. The van der Waals surface area contributed by atoms with Gasteiger partial charge in [-0.05, 0) is 5.41 Å². The van der Waals surface area contributed by atoms with Crippen molar-refractivity contribution < 1.29 is 4.74 Å². The molecule has 0 amide bonds. The highest BCUT2D eigenvalue weighted by atomic mass is 32.2. The maximum Gasteiger partial charge on any atom is 0.110 e. The van der Waals surface area contributed by atoms with E-state index in [1.807, 2.05) is 0 Å². The summed E-state index contributed by atoms with van der Waals surface area (Å²) in [6.07, 6.45) is 3.19. The Morgan fingerprint density at radius 3 is 3.00 bits per heavy atom. The zero-order chi connectivity index (χ0) is 5.11. The summed E-state index contributed by atoms with van der Waals surface area (Å²) in [4.78, 5) is 0. The van der Waals surface area contributed by atoms with Gasteiger partial charge in [0, 0.05) is 13.5 Å². The van der Waals surface area contributed by atoms with Crippen molar-refractivity contribution >= 4 is 11.8 Å². The van der Waals surface area contributed by atoms with E-state index in [0.717, 1.165) is 6.42 Å². The van der Waals surface area contributed by atoms with Crippen LogP contribution in [0.25, 0.3) is 0 Å². The normalized spacial score (nSPS) is 29.0. The molecule has 2 heteroatoms. The highest BCUT2D eigenvalue weighted by Gasteiger charge is 2.06. The molecule has 0 spiro atoms. The van der Waals surface area contributed by atoms with Crippen LogP contribution in [0.1, 0.15) is 6.42 Å². The van der Waals surface area contributed by atoms with Gasteiger partial charge in [0.1, 0.15) is 5.44 Å². The maximum atomic E-state index is 5.01. The zero-order valence-corrected chi connectivity index (χ0v) is 5.07. The molecule has 0 N–H and O–H groups in total. The molecule has 0 aromatic rings. The number of rotatable bonds is 1. The van der Waals surface area contributed by atoms with Crippen LogP contribution in [-0.2, 0) is 4.74 Å². The van der Waals surface area contributed by atoms with E-state index < -0.39 is 0 Å². The lowest BCUT2D eigenvalue weighted by atomic mass is 10.5. The van der Waals surface area contributed by atoms with Gasteiger partial charge < -0.3 is 4.74 Å². The van der Waals surface area contributed by atoms with Crippen LogP contribution >= 0.6 is 11.8 Å². The second kappa shape index (κ2) is 2.38. The van der Waals surface area contributed by atoms with Gasteiger partial charge in [-0.25, -0.2) is 0 Å². The van der Waals surface area contributed by atoms with Gasteiger partial charge in [-0.15, -0.1) is 11.8 Å². The van der Waals surface area contributed by atoms with Crippen molar-refractivity contribution in [2.24, 2.45) is 0 Å². The molecule has 0 aromatic carbocycles. The van der Waals surface area contributed by atoms with E-state index in [0.29, 0.717) is 5.44 Å². The van der Waals surface area contributed by atoms with E-state index in [4.69, 9.17) is 4.74 Å². The molecule has 0 aliphatic carbocycles. The molecule has 40 valence electrons. The number of methoxy groups -OCH3 is 1. The van der Waals surface area contributed by atoms with E-state index in [9.17, 15) is 0 Å². The van der Waals surface area contributed by atoms with Gasteiger partial charge in [0.05, 0.1) is 0 Å². The van der Waals surface area contributed by atoms with Gasteiger partial charge >= 0.3 is 0 Å². The third kappa shape index (κ3) is 1.21. The summed E-state index contributed by atoms with van der Waals surface area (Å²) in [7, 11) is 1.74. The summed E-state index contributed by atoms with van der Waals surface area (Å²) in [5, 5.41) is 2.08. The van der Waals surface area contributed by atoms with Crippen LogP contribution in [0.2, 0.25) is 0 Å². The van der Waals surface area contributed by atoms with Crippen molar-refractivity contribution in [2.75, 3.05) is 7.11 Å². The number of hydrogen-bond donors (Lipinski definition) is 0. The van der Waals surface area contributed by atoms with Crippen LogP contribution in [0.4, 0.5) is 0 Å². The summed E-state index contributed by atoms with van der Waals surface area (Å²) >= 11 is 1.74. The summed E-state index contributed by atoms with van der Waals surface area (Å²) in [6.45, 7) is 0. The Bertz CT molecular complexity index is 72.1. The van der Waals surface area contributed by atoms with Crippen molar-refractivity contribution in [3.8, 4) is 0 Å². The minimum atomic E-state index is 0.403. The lowest BCUT2D eigenvalue weighted by Crippen LogP contribution is -1.97. The Morgan fingerprint density at radius 1 is 1.86 bits per heavy atom. The molecule has 0 saturated heterocycles. The molecule has 1 aliphatic heterocycles. The highest BCUT2D eigenvalue weighted by Crippen LogP contribution is 2.23. The molecule has 7 heavy (non-hydrogen) atoms. The second-order valence-electron chi connectivity index (χ2n) is 1.41. The van der Waals surface area contributed by atoms with E-state index in [1.54, 1.807) is 18.9 Å². The summed E-state index contributed by atoms with van der Waals surface area (Å²) in [5.41, 5.74) is 0.403. The van der Waals surface area contributed by atoms with Crippen LogP contribution in [0.5, 0.6) is 0 Å². The van der Waals surface area contributed by atoms with Crippen molar-refractivity contribution in [2.45, 2.75) is 11.9 Å². The van der Waals surface area contributed by atoms with Gasteiger partial charge in [-0.2, -0.15) is 0 Å². The Balaban J connectivity index is 2.22. The molecule has 1 unspecified atom stereocenters. The minimum absolute atomic E-state index is 0.403. The van der Waals surface area contributed by atoms with Crippen molar-refractivity contribution in [3.63, 3.8) is 0 Å². The van der Waals surface area contributed by atoms with Gasteiger partial charge in [-0.1, -0.05) is 6.08 Å². The Morgan fingerprint density at radius 2 is 2.71 bits per heavy atom. The van der Waals surface area contributed by atoms with E-state index in [2.05, 4.69) is 11.5 Å². The fraction of sp³-hybridized carbons (Fsp3) is 0.600. The Labute approximate surface area is 47.7 Å². The largest absolute Gasteiger partial charge is 0.370 e. The number of ether oxygens (including phenoxy) is 1. The van der Waals surface area contributed by atoms with Crippen LogP contribution < -0.4 is 0 Å². The molecule has 1 aliphatic rings. The van der Waals surface area contributed by atoms with E-state index >= 15 is 0 Å². The lowest BCUT2D eigenvalue weighted by Gasteiger charge is -2.01. The summed E-state index contributed by atoms with van der Waals surface area (Å²) in [5.74, 6) is 0. The standard InChI is InChI=1S/C5H8OS/c1-6-5-3-2-4-7-5/h2,4-5H,3H2,1H3. The Kier molecular flexibility index (Phi) is 1.77. The first-order valence-corrected chi connectivity index (χ1v) is 3.21. The van der Waals surface area contributed by atoms with Crippen LogP contribution in [0.15, 0.2) is 11.5 Å². The monoisotopic (exact) mass is 116 g/mol. The third-order valence-corrected chi connectivity index (χ3v) is 1.96. The average molecular weight is 116 g/mol. The van der Waals surface area contributed by atoms with Crippen molar-refractivity contribution in [1.82, 2.24) is 0 Å². The first-order chi connectivity index (χ1) is 3.43. The number of hydrogen-bond acceptors (Lipinski definition) is 2. The first kappa shape index (κ1) is 5.19. The third-order valence-electron chi connectivity index (χ3n) is 0.918. The summed E-state index contributed by atoms with van der Waals surface area (Å²) < 4.78 is 5.01. The SMILES string of the molecule is COC1CC=CS1. The van der Waals surface area contributed by atoms with Gasteiger partial charge in [0.2, 0.25) is 0 Å². The van der Waals surface area contributed by atoms with E-state index in [-0.39, 0.29) is 0 Å². The molecule has 0 saturated carbocycles. The second-order valence-corrected chi connectivity index (χ2v) is 2.48. The quantitative estimate of drug-likeness (QED) is 0.514. The fourth-order valence-electron chi connectivity index (χ4n) is 0.517.